The quantitative estimate of drug-likeness (QED) is 0.559. The predicted octanol–water partition coefficient (Wildman–Crippen LogP) is 0.881. The van der Waals surface area contributed by atoms with Gasteiger partial charge in [-0.25, -0.2) is 0 Å². The molecule has 2 N–H and O–H groups in total. The van der Waals surface area contributed by atoms with Crippen LogP contribution in [0.15, 0.2) is 4.99 Å². The van der Waals surface area contributed by atoms with Crippen LogP contribution in [-0.2, 0) is 0 Å². The van der Waals surface area contributed by atoms with E-state index in [0.717, 1.165) is 25.6 Å². The molecular weight excluding hydrogens is 200 g/mol. The zero-order valence-electron chi connectivity index (χ0n) is 10.4. The van der Waals surface area contributed by atoms with E-state index in [-0.39, 0.29) is 0 Å². The maximum absolute atomic E-state index is 6.03. The first kappa shape index (κ1) is 11.7. The number of guanidine groups is 1. The summed E-state index contributed by atoms with van der Waals surface area (Å²) in [5.74, 6) is 0.764. The van der Waals surface area contributed by atoms with Gasteiger partial charge in [-0.2, -0.15) is 0 Å². The Morgan fingerprint density at radius 3 is 2.56 bits per heavy atom. The summed E-state index contributed by atoms with van der Waals surface area (Å²) >= 11 is 0. The zero-order valence-corrected chi connectivity index (χ0v) is 10.4. The first-order chi connectivity index (χ1) is 7.77. The molecule has 0 saturated carbocycles. The van der Waals surface area contributed by atoms with Crippen LogP contribution in [0, 0.1) is 0 Å². The summed E-state index contributed by atoms with van der Waals surface area (Å²) in [6.07, 6.45) is 6.45. The van der Waals surface area contributed by atoms with Gasteiger partial charge in [0.25, 0.3) is 0 Å². The monoisotopic (exact) mass is 224 g/mol. The number of nitrogens with zero attached hydrogens (tertiary/aromatic N) is 3. The summed E-state index contributed by atoms with van der Waals surface area (Å²) in [5, 5.41) is 0. The molecule has 0 radical (unpaired) electrons. The van der Waals surface area contributed by atoms with Crippen LogP contribution in [0.5, 0.6) is 0 Å². The molecule has 2 aliphatic heterocycles. The van der Waals surface area contributed by atoms with E-state index in [1.165, 1.54) is 38.6 Å². The van der Waals surface area contributed by atoms with Crippen LogP contribution >= 0.6 is 0 Å². The van der Waals surface area contributed by atoms with Gasteiger partial charge in [0.2, 0.25) is 0 Å². The summed E-state index contributed by atoms with van der Waals surface area (Å²) in [4.78, 5) is 9.19. The molecule has 2 aliphatic rings. The van der Waals surface area contributed by atoms with Gasteiger partial charge in [-0.3, -0.25) is 4.99 Å². The van der Waals surface area contributed by atoms with Crippen molar-refractivity contribution >= 4 is 5.96 Å². The molecule has 2 saturated heterocycles. The lowest BCUT2D eigenvalue weighted by atomic mass is 10.1. The second kappa shape index (κ2) is 5.53. The fraction of sp³-hybridized carbons (Fsp3) is 0.917. The highest BCUT2D eigenvalue weighted by Crippen LogP contribution is 2.15. The predicted molar refractivity (Wildman–Crippen MR) is 67.6 cm³/mol. The van der Waals surface area contributed by atoms with Gasteiger partial charge >= 0.3 is 0 Å². The second-order valence-electron chi connectivity index (χ2n) is 5.02. The summed E-state index contributed by atoms with van der Waals surface area (Å²) < 4.78 is 0. The molecule has 92 valence electrons. The maximum atomic E-state index is 6.03. The molecule has 0 amide bonds. The van der Waals surface area contributed by atoms with Crippen molar-refractivity contribution in [3.63, 3.8) is 0 Å². The van der Waals surface area contributed by atoms with Crippen molar-refractivity contribution in [3.05, 3.63) is 0 Å². The number of hydrogen-bond donors (Lipinski definition) is 1. The average molecular weight is 224 g/mol. The summed E-state index contributed by atoms with van der Waals surface area (Å²) in [5.41, 5.74) is 6.03. The van der Waals surface area contributed by atoms with E-state index in [9.17, 15) is 0 Å². The molecule has 1 atom stereocenters. The lowest BCUT2D eigenvalue weighted by Gasteiger charge is -2.28. The minimum Gasteiger partial charge on any atom is -0.370 e. The number of hydrogen-bond acceptors (Lipinski definition) is 2. The van der Waals surface area contributed by atoms with E-state index in [0.29, 0.717) is 6.04 Å². The first-order valence-corrected chi connectivity index (χ1v) is 6.52. The largest absolute Gasteiger partial charge is 0.370 e. The van der Waals surface area contributed by atoms with E-state index < -0.39 is 0 Å². The number of likely N-dealkylation sites (tertiary alicyclic amines) is 2. The lowest BCUT2D eigenvalue weighted by Crippen LogP contribution is -2.41. The number of aliphatic imine (C=N–C) groups is 1. The molecule has 0 aromatic rings. The molecule has 16 heavy (non-hydrogen) atoms. The number of piperidine rings is 1. The normalized spacial score (nSPS) is 28.7. The van der Waals surface area contributed by atoms with Gasteiger partial charge in [-0.15, -0.1) is 0 Å². The number of rotatable bonds is 2. The van der Waals surface area contributed by atoms with Crippen LogP contribution in [0.2, 0.25) is 0 Å². The molecule has 4 nitrogen and oxygen atoms in total. The number of likely N-dealkylation sites (N-methyl/N-ethyl adjacent to an activating group) is 1. The highest BCUT2D eigenvalue weighted by Gasteiger charge is 2.20. The van der Waals surface area contributed by atoms with Crippen molar-refractivity contribution < 1.29 is 0 Å². The van der Waals surface area contributed by atoms with E-state index >= 15 is 0 Å². The average Bonchev–Trinajstić information content (AvgIpc) is 2.73. The van der Waals surface area contributed by atoms with E-state index in [2.05, 4.69) is 21.8 Å². The third-order valence-corrected chi connectivity index (χ3v) is 3.82. The van der Waals surface area contributed by atoms with E-state index in [1.807, 2.05) is 0 Å². The van der Waals surface area contributed by atoms with Crippen molar-refractivity contribution in [2.75, 3.05) is 33.2 Å². The van der Waals surface area contributed by atoms with Gasteiger partial charge in [0.1, 0.15) is 0 Å². The molecule has 0 aromatic carbocycles. The maximum Gasteiger partial charge on any atom is 0.191 e. The Balaban J connectivity index is 1.81. The van der Waals surface area contributed by atoms with Crippen molar-refractivity contribution in [2.45, 2.75) is 38.1 Å². The Labute approximate surface area is 98.5 Å². The molecule has 4 heteroatoms. The van der Waals surface area contributed by atoms with Crippen molar-refractivity contribution in [1.82, 2.24) is 9.80 Å². The third kappa shape index (κ3) is 2.88. The third-order valence-electron chi connectivity index (χ3n) is 3.82. The molecule has 0 aliphatic carbocycles. The van der Waals surface area contributed by atoms with Crippen LogP contribution in [0.1, 0.15) is 32.1 Å². The molecular formula is C12H24N4. The molecule has 0 spiro atoms. The second-order valence-corrected chi connectivity index (χ2v) is 5.02. The molecule has 0 bridgehead atoms. The zero-order chi connectivity index (χ0) is 11.4. The van der Waals surface area contributed by atoms with Gasteiger partial charge < -0.3 is 15.5 Å². The Kier molecular flexibility index (Phi) is 4.04. The Morgan fingerprint density at radius 1 is 1.19 bits per heavy atom. The van der Waals surface area contributed by atoms with Gasteiger partial charge in [-0.1, -0.05) is 0 Å². The molecule has 2 heterocycles. The van der Waals surface area contributed by atoms with Gasteiger partial charge in [-0.05, 0) is 45.7 Å². The van der Waals surface area contributed by atoms with Crippen LogP contribution < -0.4 is 5.73 Å². The summed E-state index contributed by atoms with van der Waals surface area (Å²) in [7, 11) is 2.18. The number of nitrogens with two attached hydrogens (primary N) is 1. The molecule has 1 unspecified atom stereocenters. The van der Waals surface area contributed by atoms with E-state index in [1.54, 1.807) is 0 Å². The summed E-state index contributed by atoms with van der Waals surface area (Å²) in [6.45, 7) is 4.27. The highest BCUT2D eigenvalue weighted by molar-refractivity contribution is 5.78. The first-order valence-electron chi connectivity index (χ1n) is 6.52. The van der Waals surface area contributed by atoms with Crippen LogP contribution in [0.4, 0.5) is 0 Å². The Morgan fingerprint density at radius 2 is 1.94 bits per heavy atom. The van der Waals surface area contributed by atoms with Crippen molar-refractivity contribution in [3.8, 4) is 0 Å². The molecule has 0 aromatic heterocycles. The lowest BCUT2D eigenvalue weighted by molar-refractivity contribution is 0.311. The Bertz CT molecular complexity index is 245. The van der Waals surface area contributed by atoms with Crippen molar-refractivity contribution in [1.29, 1.82) is 0 Å². The fourth-order valence-corrected chi connectivity index (χ4v) is 2.63. The highest BCUT2D eigenvalue weighted by atomic mass is 15.3. The van der Waals surface area contributed by atoms with Gasteiger partial charge in [0.15, 0.2) is 5.96 Å². The fourth-order valence-electron chi connectivity index (χ4n) is 2.63. The minimum atomic E-state index is 0.614. The molecule has 2 rings (SSSR count). The van der Waals surface area contributed by atoms with Crippen LogP contribution in [0.25, 0.3) is 0 Å². The minimum absolute atomic E-state index is 0.614. The van der Waals surface area contributed by atoms with E-state index in [4.69, 9.17) is 5.73 Å². The van der Waals surface area contributed by atoms with Gasteiger partial charge in [0.05, 0.1) is 6.54 Å². The SMILES string of the molecule is CN1CCCC1CN=C(N)N1CCCCC1. The standard InChI is InChI=1S/C12H24N4/c1-15-7-5-6-11(15)10-14-12(13)16-8-3-2-4-9-16/h11H,2-10H2,1H3,(H2,13,14). The van der Waals surface area contributed by atoms with Gasteiger partial charge in [0, 0.05) is 19.1 Å². The van der Waals surface area contributed by atoms with Crippen molar-refractivity contribution in [2.24, 2.45) is 10.7 Å². The Hall–Kier alpha value is -0.770. The van der Waals surface area contributed by atoms with Crippen LogP contribution in [0.3, 0.4) is 0 Å². The molecule has 2 fully saturated rings. The topological polar surface area (TPSA) is 44.9 Å². The summed E-state index contributed by atoms with van der Waals surface area (Å²) in [6, 6.07) is 0.614. The van der Waals surface area contributed by atoms with Crippen LogP contribution in [-0.4, -0.2) is 55.0 Å². The smallest absolute Gasteiger partial charge is 0.191 e.